The van der Waals surface area contributed by atoms with Crippen LogP contribution in [0.25, 0.3) is 0 Å². The maximum absolute atomic E-state index is 12.5. The van der Waals surface area contributed by atoms with Crippen molar-refractivity contribution >= 4 is 27.2 Å². The van der Waals surface area contributed by atoms with E-state index in [1.807, 2.05) is 0 Å². The van der Waals surface area contributed by atoms with E-state index >= 15 is 0 Å². The number of aliphatic hydroxyl groups is 1. The molecule has 0 aliphatic heterocycles. The first-order valence-corrected chi connectivity index (χ1v) is 9.52. The lowest BCUT2D eigenvalue weighted by atomic mass is 10.1. The van der Waals surface area contributed by atoms with Gasteiger partial charge in [0.15, 0.2) is 15.4 Å². The van der Waals surface area contributed by atoms with Crippen LogP contribution in [0.1, 0.15) is 18.1 Å². The van der Waals surface area contributed by atoms with Gasteiger partial charge in [0.25, 0.3) is 11.6 Å². The first-order chi connectivity index (χ1) is 12.4. The molecular weight excluding hydrogens is 374 g/mol. The average Bonchev–Trinajstić information content (AvgIpc) is 2.54. The molecule has 0 spiro atoms. The smallest absolute Gasteiger partial charge is 0.290 e. The summed E-state index contributed by atoms with van der Waals surface area (Å²) >= 11 is 0. The molecule has 0 saturated carbocycles. The highest BCUT2D eigenvalue weighted by atomic mass is 32.2. The molecule has 0 fully saturated rings. The third kappa shape index (κ3) is 4.86. The number of sulfone groups is 1. The number of rotatable bonds is 6. The number of carbonyl (C=O) groups is 1. The lowest BCUT2D eigenvalue weighted by Crippen LogP contribution is -2.46. The predicted molar refractivity (Wildman–Crippen MR) is 98.1 cm³/mol. The molecule has 0 aliphatic carbocycles. The van der Waals surface area contributed by atoms with Crippen LogP contribution in [-0.4, -0.2) is 40.7 Å². The third-order valence-corrected chi connectivity index (χ3v) is 5.79. The molecule has 0 saturated heterocycles. The molecule has 144 valence electrons. The number of hydrogen-bond acceptors (Lipinski definition) is 7. The van der Waals surface area contributed by atoms with Gasteiger partial charge >= 0.3 is 0 Å². The second-order valence-corrected chi connectivity index (χ2v) is 8.40. The van der Waals surface area contributed by atoms with E-state index in [-0.39, 0.29) is 22.0 Å². The summed E-state index contributed by atoms with van der Waals surface area (Å²) < 4.78 is 24.9. The third-order valence-electron chi connectivity index (χ3n) is 3.86. The van der Waals surface area contributed by atoms with Crippen molar-refractivity contribution in [2.24, 2.45) is 0 Å². The Morgan fingerprint density at radius 1 is 1.30 bits per heavy atom. The number of hydrogen-bond donors (Lipinski definition) is 2. The molecule has 1 heterocycles. The Morgan fingerprint density at radius 2 is 1.89 bits per heavy atom. The molecule has 1 aromatic heterocycles. The van der Waals surface area contributed by atoms with Crippen molar-refractivity contribution < 1.29 is 23.2 Å². The summed E-state index contributed by atoms with van der Waals surface area (Å²) in [7, 11) is -3.92. The molecule has 27 heavy (non-hydrogen) atoms. The molecule has 0 aliphatic rings. The summed E-state index contributed by atoms with van der Waals surface area (Å²) in [4.78, 5) is 26.2. The lowest BCUT2D eigenvalue weighted by Gasteiger charge is -2.22. The van der Waals surface area contributed by atoms with Crippen molar-refractivity contribution in [3.8, 4) is 0 Å². The SMILES string of the molecule is Cc1ccc(S(=O)(=O)C[C@](C)(O)C(=O)Nc2cc(C)c([N+](=O)[O-])cn2)cc1. The van der Waals surface area contributed by atoms with Gasteiger partial charge in [0.05, 0.1) is 15.6 Å². The van der Waals surface area contributed by atoms with Crippen LogP contribution in [0.15, 0.2) is 41.4 Å². The molecule has 1 atom stereocenters. The van der Waals surface area contributed by atoms with E-state index in [1.165, 1.54) is 25.1 Å². The number of benzene rings is 1. The number of nitrogens with zero attached hydrogens (tertiary/aromatic N) is 2. The zero-order valence-corrected chi connectivity index (χ0v) is 15.8. The van der Waals surface area contributed by atoms with Crippen molar-refractivity contribution in [2.45, 2.75) is 31.3 Å². The Balaban J connectivity index is 2.18. The van der Waals surface area contributed by atoms with Crippen LogP contribution in [0.2, 0.25) is 0 Å². The van der Waals surface area contributed by atoms with Gasteiger partial charge in [-0.25, -0.2) is 13.4 Å². The molecule has 0 radical (unpaired) electrons. The molecular formula is C17H19N3O6S. The molecule has 1 amide bonds. The first-order valence-electron chi connectivity index (χ1n) is 7.87. The predicted octanol–water partition coefficient (Wildman–Crippen LogP) is 1.77. The van der Waals surface area contributed by atoms with E-state index in [0.29, 0.717) is 0 Å². The van der Waals surface area contributed by atoms with Gasteiger partial charge in [-0.1, -0.05) is 17.7 Å². The summed E-state index contributed by atoms with van der Waals surface area (Å²) in [6, 6.07) is 7.30. The maximum atomic E-state index is 12.5. The van der Waals surface area contributed by atoms with Crippen molar-refractivity contribution in [2.75, 3.05) is 11.1 Å². The van der Waals surface area contributed by atoms with Crippen molar-refractivity contribution in [1.29, 1.82) is 0 Å². The largest absolute Gasteiger partial charge is 0.379 e. The van der Waals surface area contributed by atoms with Crippen LogP contribution in [0.3, 0.4) is 0 Å². The summed E-state index contributed by atoms with van der Waals surface area (Å²) in [6.45, 7) is 4.35. The molecule has 2 rings (SSSR count). The number of amides is 1. The quantitative estimate of drug-likeness (QED) is 0.563. The van der Waals surface area contributed by atoms with E-state index in [1.54, 1.807) is 19.1 Å². The highest BCUT2D eigenvalue weighted by Crippen LogP contribution is 2.21. The Labute approximate surface area is 156 Å². The molecule has 0 bridgehead atoms. The fraction of sp³-hybridized carbons (Fsp3) is 0.294. The average molecular weight is 393 g/mol. The maximum Gasteiger partial charge on any atom is 0.290 e. The zero-order chi connectivity index (χ0) is 20.4. The molecule has 2 aromatic rings. The van der Waals surface area contributed by atoms with Crippen LogP contribution in [-0.2, 0) is 14.6 Å². The highest BCUT2D eigenvalue weighted by molar-refractivity contribution is 7.91. The van der Waals surface area contributed by atoms with Crippen LogP contribution < -0.4 is 5.32 Å². The minimum atomic E-state index is -3.92. The van der Waals surface area contributed by atoms with Crippen LogP contribution in [0.4, 0.5) is 11.5 Å². The highest BCUT2D eigenvalue weighted by Gasteiger charge is 2.37. The Morgan fingerprint density at radius 3 is 2.41 bits per heavy atom. The van der Waals surface area contributed by atoms with Crippen LogP contribution in [0, 0.1) is 24.0 Å². The number of carbonyl (C=O) groups excluding carboxylic acids is 1. The number of pyridine rings is 1. The molecule has 1 aromatic carbocycles. The molecule has 10 heteroatoms. The number of aromatic nitrogens is 1. The van der Waals surface area contributed by atoms with E-state index in [0.717, 1.165) is 18.7 Å². The number of nitrogens with one attached hydrogen (secondary N) is 1. The standard InChI is InChI=1S/C17H19N3O6S/c1-11-4-6-13(7-5-11)27(25,26)10-17(3,22)16(21)19-15-8-12(2)14(9-18-15)20(23)24/h4-9,22H,10H2,1-3H3,(H,18,19,21)/t17-/m0/s1. The Bertz CT molecular complexity index is 984. The Kier molecular flexibility index (Phi) is 5.62. The van der Waals surface area contributed by atoms with E-state index < -0.39 is 32.0 Å². The summed E-state index contributed by atoms with van der Waals surface area (Å²) in [5.41, 5.74) is -1.32. The second-order valence-electron chi connectivity index (χ2n) is 6.41. The van der Waals surface area contributed by atoms with Crippen molar-refractivity contribution in [1.82, 2.24) is 4.98 Å². The normalized spacial score (nSPS) is 13.6. The summed E-state index contributed by atoms with van der Waals surface area (Å²) in [6.07, 6.45) is 0.975. The van der Waals surface area contributed by atoms with Gasteiger partial charge in [-0.15, -0.1) is 0 Å². The summed E-state index contributed by atoms with van der Waals surface area (Å²) in [5, 5.41) is 23.5. The van der Waals surface area contributed by atoms with Gasteiger partial charge < -0.3 is 10.4 Å². The molecule has 2 N–H and O–H groups in total. The topological polar surface area (TPSA) is 140 Å². The minimum Gasteiger partial charge on any atom is -0.379 e. The fourth-order valence-corrected chi connectivity index (χ4v) is 3.91. The van der Waals surface area contributed by atoms with Gasteiger partial charge in [0.2, 0.25) is 0 Å². The van der Waals surface area contributed by atoms with Gasteiger partial charge in [-0.05, 0) is 39.0 Å². The fourth-order valence-electron chi connectivity index (χ4n) is 2.32. The second kappa shape index (κ2) is 7.41. The van der Waals surface area contributed by atoms with Crippen LogP contribution in [0.5, 0.6) is 0 Å². The minimum absolute atomic E-state index is 0.00881. The van der Waals surface area contributed by atoms with Gasteiger partial charge in [0, 0.05) is 5.56 Å². The summed E-state index contributed by atoms with van der Waals surface area (Å²) in [5.74, 6) is -1.85. The number of nitro groups is 1. The van der Waals surface area contributed by atoms with Crippen LogP contribution >= 0.6 is 0 Å². The van der Waals surface area contributed by atoms with Crippen molar-refractivity contribution in [3.63, 3.8) is 0 Å². The number of anilines is 1. The lowest BCUT2D eigenvalue weighted by molar-refractivity contribution is -0.385. The number of aryl methyl sites for hydroxylation is 2. The molecule has 9 nitrogen and oxygen atoms in total. The Hall–Kier alpha value is -2.85. The van der Waals surface area contributed by atoms with Crippen molar-refractivity contribution in [3.05, 3.63) is 57.8 Å². The van der Waals surface area contributed by atoms with Gasteiger partial charge in [-0.2, -0.15) is 0 Å². The molecule has 0 unspecified atom stereocenters. The first kappa shape index (κ1) is 20.5. The van der Waals surface area contributed by atoms with Gasteiger partial charge in [0.1, 0.15) is 12.0 Å². The van der Waals surface area contributed by atoms with Gasteiger partial charge in [-0.3, -0.25) is 14.9 Å². The zero-order valence-electron chi connectivity index (χ0n) is 15.0. The van der Waals surface area contributed by atoms with E-state index in [4.69, 9.17) is 0 Å². The van der Waals surface area contributed by atoms with E-state index in [9.17, 15) is 28.4 Å². The monoisotopic (exact) mass is 393 g/mol. The van der Waals surface area contributed by atoms with E-state index in [2.05, 4.69) is 10.3 Å².